The van der Waals surface area contributed by atoms with Gasteiger partial charge in [0.25, 0.3) is 0 Å². The van der Waals surface area contributed by atoms with Crippen LogP contribution in [0.25, 0.3) is 0 Å². The fraction of sp³-hybridized carbons (Fsp3) is 0.818. The maximum Gasteiger partial charge on any atom is 0.326 e. The number of likely N-dealkylation sites (tertiary alicyclic amines) is 1. The highest BCUT2D eigenvalue weighted by molar-refractivity contribution is 5.86. The number of carbonyl (C=O) groups is 2. The van der Waals surface area contributed by atoms with Gasteiger partial charge in [-0.2, -0.15) is 0 Å². The summed E-state index contributed by atoms with van der Waals surface area (Å²) in [6.45, 7) is 0.568. The molecule has 1 amide bonds. The Labute approximate surface area is 94.6 Å². The monoisotopic (exact) mass is 226 g/mol. The molecule has 0 radical (unpaired) electrons. The fourth-order valence-corrected chi connectivity index (χ4v) is 2.80. The molecule has 2 fully saturated rings. The van der Waals surface area contributed by atoms with E-state index in [9.17, 15) is 9.59 Å². The second-order valence-electron chi connectivity index (χ2n) is 4.73. The van der Waals surface area contributed by atoms with E-state index < -0.39 is 12.0 Å². The molecular weight excluding hydrogens is 208 g/mol. The van der Waals surface area contributed by atoms with E-state index in [0.29, 0.717) is 13.0 Å². The topological polar surface area (TPSA) is 83.6 Å². The van der Waals surface area contributed by atoms with Gasteiger partial charge in [-0.3, -0.25) is 4.79 Å². The number of hydrogen-bond donors (Lipinski definition) is 2. The summed E-state index contributed by atoms with van der Waals surface area (Å²) in [5.41, 5.74) is 5.87. The van der Waals surface area contributed by atoms with Gasteiger partial charge in [0, 0.05) is 12.6 Å². The minimum atomic E-state index is -0.891. The van der Waals surface area contributed by atoms with Crippen molar-refractivity contribution in [1.29, 1.82) is 0 Å². The predicted molar refractivity (Wildman–Crippen MR) is 57.7 cm³/mol. The summed E-state index contributed by atoms with van der Waals surface area (Å²) in [5, 5.41) is 9.02. The van der Waals surface area contributed by atoms with Crippen molar-refractivity contribution in [3.05, 3.63) is 0 Å². The van der Waals surface area contributed by atoms with Gasteiger partial charge in [0.1, 0.15) is 6.04 Å². The zero-order valence-corrected chi connectivity index (χ0v) is 9.26. The van der Waals surface area contributed by atoms with Gasteiger partial charge >= 0.3 is 5.97 Å². The van der Waals surface area contributed by atoms with Crippen LogP contribution in [-0.4, -0.2) is 40.5 Å². The average Bonchev–Trinajstić information content (AvgIpc) is 2.84. The lowest BCUT2D eigenvalue weighted by atomic mass is 10.0. The summed E-state index contributed by atoms with van der Waals surface area (Å²) in [6.07, 6.45) is 4.02. The molecule has 5 heteroatoms. The molecule has 5 nitrogen and oxygen atoms in total. The number of carboxylic acids is 1. The number of rotatable bonds is 2. The summed E-state index contributed by atoms with van der Waals surface area (Å²) in [7, 11) is 0. The molecule has 1 saturated heterocycles. The van der Waals surface area contributed by atoms with Crippen molar-refractivity contribution in [3.8, 4) is 0 Å². The molecule has 1 heterocycles. The van der Waals surface area contributed by atoms with Crippen LogP contribution in [0, 0.1) is 5.92 Å². The highest BCUT2D eigenvalue weighted by Gasteiger charge is 2.40. The number of nitrogens with zero attached hydrogens (tertiary/aromatic N) is 1. The molecular formula is C11H18N2O3. The SMILES string of the molecule is NC1CCCC1C(=O)N1CCC[C@H]1C(=O)O. The van der Waals surface area contributed by atoms with Gasteiger partial charge in [-0.25, -0.2) is 4.79 Å². The molecule has 16 heavy (non-hydrogen) atoms. The van der Waals surface area contributed by atoms with E-state index >= 15 is 0 Å². The van der Waals surface area contributed by atoms with E-state index in [1.54, 1.807) is 0 Å². The van der Waals surface area contributed by atoms with Crippen LogP contribution in [0.1, 0.15) is 32.1 Å². The van der Waals surface area contributed by atoms with Gasteiger partial charge in [0.2, 0.25) is 5.91 Å². The summed E-state index contributed by atoms with van der Waals surface area (Å²) in [6, 6.07) is -0.706. The van der Waals surface area contributed by atoms with Crippen molar-refractivity contribution in [2.24, 2.45) is 11.7 Å². The minimum absolute atomic E-state index is 0.0464. The van der Waals surface area contributed by atoms with Gasteiger partial charge in [0.15, 0.2) is 0 Å². The van der Waals surface area contributed by atoms with Crippen molar-refractivity contribution < 1.29 is 14.7 Å². The first-order valence-corrected chi connectivity index (χ1v) is 5.90. The van der Waals surface area contributed by atoms with Gasteiger partial charge in [-0.05, 0) is 25.7 Å². The Morgan fingerprint density at radius 1 is 1.19 bits per heavy atom. The molecule has 3 atom stereocenters. The molecule has 1 aliphatic heterocycles. The van der Waals surface area contributed by atoms with Crippen LogP contribution in [0.15, 0.2) is 0 Å². The predicted octanol–water partition coefficient (Wildman–Crippen LogP) is 0.189. The first-order chi connectivity index (χ1) is 7.61. The Morgan fingerprint density at radius 2 is 1.94 bits per heavy atom. The summed E-state index contributed by atoms with van der Waals surface area (Å²) in [4.78, 5) is 24.7. The Balaban J connectivity index is 2.06. The van der Waals surface area contributed by atoms with Crippen molar-refractivity contribution in [2.45, 2.75) is 44.2 Å². The van der Waals surface area contributed by atoms with E-state index in [1.807, 2.05) is 0 Å². The van der Waals surface area contributed by atoms with Crippen molar-refractivity contribution in [3.63, 3.8) is 0 Å². The summed E-state index contributed by atoms with van der Waals surface area (Å²) >= 11 is 0. The highest BCUT2D eigenvalue weighted by Crippen LogP contribution is 2.29. The molecule has 1 aliphatic carbocycles. The minimum Gasteiger partial charge on any atom is -0.480 e. The van der Waals surface area contributed by atoms with Crippen LogP contribution in [0.3, 0.4) is 0 Å². The van der Waals surface area contributed by atoms with Crippen LogP contribution >= 0.6 is 0 Å². The molecule has 0 spiro atoms. The Kier molecular flexibility index (Phi) is 3.14. The number of amides is 1. The normalized spacial score (nSPS) is 34.3. The molecule has 0 bridgehead atoms. The van der Waals surface area contributed by atoms with Gasteiger partial charge in [-0.15, -0.1) is 0 Å². The molecule has 0 aromatic rings. The third-order valence-electron chi connectivity index (χ3n) is 3.71. The first-order valence-electron chi connectivity index (χ1n) is 5.90. The number of hydrogen-bond acceptors (Lipinski definition) is 3. The molecule has 0 aromatic heterocycles. The van der Waals surface area contributed by atoms with Crippen molar-refractivity contribution in [2.75, 3.05) is 6.54 Å². The molecule has 1 saturated carbocycles. The summed E-state index contributed by atoms with van der Waals surface area (Å²) in [5.74, 6) is -1.09. The standard InChI is InChI=1S/C11H18N2O3/c12-8-4-1-3-7(8)10(14)13-6-2-5-9(13)11(15)16/h7-9H,1-6,12H2,(H,15,16)/t7?,8?,9-/m0/s1. The van der Waals surface area contributed by atoms with E-state index in [-0.39, 0.29) is 17.9 Å². The zero-order chi connectivity index (χ0) is 11.7. The second kappa shape index (κ2) is 4.41. The lowest BCUT2D eigenvalue weighted by Gasteiger charge is -2.26. The van der Waals surface area contributed by atoms with E-state index in [4.69, 9.17) is 10.8 Å². The quantitative estimate of drug-likeness (QED) is 0.704. The Bertz CT molecular complexity index is 306. The lowest BCUT2D eigenvalue weighted by molar-refractivity contribution is -0.150. The lowest BCUT2D eigenvalue weighted by Crippen LogP contribution is -2.46. The van der Waals surface area contributed by atoms with E-state index in [2.05, 4.69) is 0 Å². The number of carboxylic acid groups (broad SMARTS) is 1. The summed E-state index contributed by atoms with van der Waals surface area (Å²) < 4.78 is 0. The largest absolute Gasteiger partial charge is 0.480 e. The average molecular weight is 226 g/mol. The van der Waals surface area contributed by atoms with Crippen LogP contribution < -0.4 is 5.73 Å². The van der Waals surface area contributed by atoms with Gasteiger partial charge in [0.05, 0.1) is 5.92 Å². The molecule has 3 N–H and O–H groups in total. The smallest absolute Gasteiger partial charge is 0.326 e. The Morgan fingerprint density at radius 3 is 2.50 bits per heavy atom. The third kappa shape index (κ3) is 1.91. The molecule has 0 aromatic carbocycles. The number of nitrogens with two attached hydrogens (primary N) is 1. The number of carbonyl (C=O) groups excluding carboxylic acids is 1. The third-order valence-corrected chi connectivity index (χ3v) is 3.71. The van der Waals surface area contributed by atoms with Crippen LogP contribution in [0.5, 0.6) is 0 Å². The molecule has 2 unspecified atom stereocenters. The Hall–Kier alpha value is -1.10. The van der Waals surface area contributed by atoms with Gasteiger partial charge < -0.3 is 15.7 Å². The van der Waals surface area contributed by atoms with Crippen LogP contribution in [-0.2, 0) is 9.59 Å². The van der Waals surface area contributed by atoms with Crippen molar-refractivity contribution in [1.82, 2.24) is 4.90 Å². The van der Waals surface area contributed by atoms with E-state index in [1.165, 1.54) is 4.90 Å². The van der Waals surface area contributed by atoms with E-state index in [0.717, 1.165) is 25.7 Å². The van der Waals surface area contributed by atoms with Crippen LogP contribution in [0.4, 0.5) is 0 Å². The number of aliphatic carboxylic acids is 1. The molecule has 2 rings (SSSR count). The first kappa shape index (κ1) is 11.4. The highest BCUT2D eigenvalue weighted by atomic mass is 16.4. The second-order valence-corrected chi connectivity index (χ2v) is 4.73. The maximum atomic E-state index is 12.2. The molecule has 2 aliphatic rings. The van der Waals surface area contributed by atoms with Crippen LogP contribution in [0.2, 0.25) is 0 Å². The van der Waals surface area contributed by atoms with Gasteiger partial charge in [-0.1, -0.05) is 6.42 Å². The van der Waals surface area contributed by atoms with Crippen molar-refractivity contribution >= 4 is 11.9 Å². The fourth-order valence-electron chi connectivity index (χ4n) is 2.80. The molecule has 90 valence electrons. The maximum absolute atomic E-state index is 12.2. The zero-order valence-electron chi connectivity index (χ0n) is 9.26.